The number of dihydropyridines is 1. The quantitative estimate of drug-likeness (QED) is 0.719. The summed E-state index contributed by atoms with van der Waals surface area (Å²) in [4.78, 5) is 0. The van der Waals surface area contributed by atoms with E-state index in [9.17, 15) is 0 Å². The molecule has 1 N–H and O–H groups in total. The normalized spacial score (nSPS) is 16.7. The molecule has 1 heterocycles. The highest BCUT2D eigenvalue weighted by Crippen LogP contribution is 2.21. The highest BCUT2D eigenvalue weighted by molar-refractivity contribution is 5.70. The van der Waals surface area contributed by atoms with Crippen LogP contribution in [0.2, 0.25) is 0 Å². The average molecular weight is 259 g/mol. The fourth-order valence-electron chi connectivity index (χ4n) is 2.03. The van der Waals surface area contributed by atoms with Gasteiger partial charge in [0.15, 0.2) is 0 Å². The average Bonchev–Trinajstić information content (AvgIpc) is 2.42. The molecule has 0 saturated carbocycles. The van der Waals surface area contributed by atoms with Crippen molar-refractivity contribution in [1.82, 2.24) is 5.32 Å². The zero-order chi connectivity index (χ0) is 14.8. The molecule has 0 spiro atoms. The highest BCUT2D eigenvalue weighted by atomic mass is 14.9. The number of allylic oxidation sites excluding steroid dienone is 2. The molecule has 19 heavy (non-hydrogen) atoms. The molecule has 1 heteroatoms. The van der Waals surface area contributed by atoms with Gasteiger partial charge in [0.2, 0.25) is 0 Å². The Kier molecular flexibility index (Phi) is 8.69. The second kappa shape index (κ2) is 9.43. The van der Waals surface area contributed by atoms with Crippen LogP contribution >= 0.6 is 0 Å². The third kappa shape index (κ3) is 5.34. The Hall–Kier alpha value is -1.50. The van der Waals surface area contributed by atoms with E-state index in [0.29, 0.717) is 6.04 Å². The molecule has 0 bridgehead atoms. The van der Waals surface area contributed by atoms with Gasteiger partial charge < -0.3 is 5.32 Å². The smallest absolute Gasteiger partial charge is 0.0423 e. The molecule has 0 saturated heterocycles. The lowest BCUT2D eigenvalue weighted by molar-refractivity contribution is 0.770. The molecule has 1 unspecified atom stereocenters. The second-order valence-corrected chi connectivity index (χ2v) is 4.22. The standard InChI is InChI=1S/C14H17N.2C2H6/c1-10-8-12(3)15-14(9-10)13-7-5-4-6-11(13)2;2*1-2/h4-9,12,15H,1-3H3;2*1-2H3. The molecule has 1 atom stereocenters. The van der Waals surface area contributed by atoms with Gasteiger partial charge in [0.1, 0.15) is 0 Å². The summed E-state index contributed by atoms with van der Waals surface area (Å²) in [5.41, 5.74) is 5.19. The Morgan fingerprint density at radius 2 is 1.53 bits per heavy atom. The van der Waals surface area contributed by atoms with Crippen molar-refractivity contribution in [3.05, 3.63) is 53.1 Å². The van der Waals surface area contributed by atoms with Gasteiger partial charge in [-0.2, -0.15) is 0 Å². The molecular formula is C18H29N. The van der Waals surface area contributed by atoms with Crippen molar-refractivity contribution in [1.29, 1.82) is 0 Å². The summed E-state index contributed by atoms with van der Waals surface area (Å²) in [6.07, 6.45) is 4.45. The van der Waals surface area contributed by atoms with Crippen LogP contribution in [0.4, 0.5) is 0 Å². The van der Waals surface area contributed by atoms with Crippen molar-refractivity contribution < 1.29 is 0 Å². The van der Waals surface area contributed by atoms with Crippen molar-refractivity contribution in [3.63, 3.8) is 0 Å². The van der Waals surface area contributed by atoms with Gasteiger partial charge in [-0.05, 0) is 32.4 Å². The van der Waals surface area contributed by atoms with E-state index in [1.165, 1.54) is 22.4 Å². The Labute approximate surface area is 119 Å². The molecule has 106 valence electrons. The molecule has 2 rings (SSSR count). The number of nitrogens with one attached hydrogen (secondary N) is 1. The molecule has 1 nitrogen and oxygen atoms in total. The Balaban J connectivity index is 0.000000741. The zero-order valence-electron chi connectivity index (χ0n) is 13.5. The van der Waals surface area contributed by atoms with Crippen LogP contribution in [0.1, 0.15) is 52.7 Å². The van der Waals surface area contributed by atoms with Gasteiger partial charge in [-0.3, -0.25) is 0 Å². The molecule has 0 fully saturated rings. The molecule has 1 aromatic rings. The lowest BCUT2D eigenvalue weighted by atomic mass is 10.00. The molecule has 1 aromatic carbocycles. The summed E-state index contributed by atoms with van der Waals surface area (Å²) >= 11 is 0. The van der Waals surface area contributed by atoms with E-state index in [0.717, 1.165) is 0 Å². The number of benzene rings is 1. The number of aryl methyl sites for hydroxylation is 1. The van der Waals surface area contributed by atoms with E-state index >= 15 is 0 Å². The minimum Gasteiger partial charge on any atom is -0.379 e. The van der Waals surface area contributed by atoms with Crippen LogP contribution in [0, 0.1) is 6.92 Å². The third-order valence-electron chi connectivity index (χ3n) is 2.70. The molecule has 0 aliphatic carbocycles. The Morgan fingerprint density at radius 1 is 0.947 bits per heavy atom. The van der Waals surface area contributed by atoms with E-state index in [4.69, 9.17) is 0 Å². The van der Waals surface area contributed by atoms with Crippen molar-refractivity contribution in [2.24, 2.45) is 0 Å². The molecule has 0 aromatic heterocycles. The third-order valence-corrected chi connectivity index (χ3v) is 2.70. The first kappa shape index (κ1) is 17.5. The summed E-state index contributed by atoms with van der Waals surface area (Å²) in [5, 5.41) is 3.49. The molecular weight excluding hydrogens is 230 g/mol. The van der Waals surface area contributed by atoms with Crippen LogP contribution in [0.3, 0.4) is 0 Å². The molecule has 1 aliphatic rings. The van der Waals surface area contributed by atoms with Crippen LogP contribution in [0.15, 0.2) is 42.0 Å². The predicted molar refractivity (Wildman–Crippen MR) is 88.2 cm³/mol. The predicted octanol–water partition coefficient (Wildman–Crippen LogP) is 5.33. The molecule has 0 amide bonds. The van der Waals surface area contributed by atoms with Crippen LogP contribution < -0.4 is 5.32 Å². The summed E-state index contributed by atoms with van der Waals surface area (Å²) in [6.45, 7) is 14.5. The summed E-state index contributed by atoms with van der Waals surface area (Å²) in [7, 11) is 0. The topological polar surface area (TPSA) is 12.0 Å². The van der Waals surface area contributed by atoms with Gasteiger partial charge in [0.25, 0.3) is 0 Å². The summed E-state index contributed by atoms with van der Waals surface area (Å²) in [5.74, 6) is 0. The van der Waals surface area contributed by atoms with Gasteiger partial charge in [-0.25, -0.2) is 0 Å². The van der Waals surface area contributed by atoms with Crippen molar-refractivity contribution >= 4 is 5.70 Å². The van der Waals surface area contributed by atoms with Crippen LogP contribution in [0.5, 0.6) is 0 Å². The maximum absolute atomic E-state index is 3.49. The van der Waals surface area contributed by atoms with Crippen molar-refractivity contribution in [3.8, 4) is 0 Å². The molecule has 0 radical (unpaired) electrons. The van der Waals surface area contributed by atoms with E-state index in [2.05, 4.69) is 62.5 Å². The van der Waals surface area contributed by atoms with Gasteiger partial charge in [-0.15, -0.1) is 0 Å². The minimum absolute atomic E-state index is 0.421. The highest BCUT2D eigenvalue weighted by Gasteiger charge is 2.10. The van der Waals surface area contributed by atoms with E-state index < -0.39 is 0 Å². The largest absolute Gasteiger partial charge is 0.379 e. The minimum atomic E-state index is 0.421. The summed E-state index contributed by atoms with van der Waals surface area (Å²) < 4.78 is 0. The number of hydrogen-bond acceptors (Lipinski definition) is 1. The van der Waals surface area contributed by atoms with Crippen molar-refractivity contribution in [2.45, 2.75) is 54.5 Å². The van der Waals surface area contributed by atoms with Crippen LogP contribution in [-0.2, 0) is 0 Å². The van der Waals surface area contributed by atoms with E-state index in [-0.39, 0.29) is 0 Å². The first-order valence-corrected chi connectivity index (χ1v) is 7.39. The fraction of sp³-hybridized carbons (Fsp3) is 0.444. The SMILES string of the molecule is CC.CC.CC1=CC(C)NC(c2ccccc2C)=C1. The lowest BCUT2D eigenvalue weighted by Crippen LogP contribution is -2.25. The maximum atomic E-state index is 3.49. The van der Waals surface area contributed by atoms with Crippen LogP contribution in [-0.4, -0.2) is 6.04 Å². The number of hydrogen-bond donors (Lipinski definition) is 1. The summed E-state index contributed by atoms with van der Waals surface area (Å²) in [6, 6.07) is 8.90. The molecule has 1 aliphatic heterocycles. The fourth-order valence-corrected chi connectivity index (χ4v) is 2.03. The van der Waals surface area contributed by atoms with Gasteiger partial charge in [0, 0.05) is 17.3 Å². The lowest BCUT2D eigenvalue weighted by Gasteiger charge is -2.21. The second-order valence-electron chi connectivity index (χ2n) is 4.22. The van der Waals surface area contributed by atoms with Gasteiger partial charge in [0.05, 0.1) is 0 Å². The Morgan fingerprint density at radius 3 is 2.05 bits per heavy atom. The number of rotatable bonds is 1. The van der Waals surface area contributed by atoms with E-state index in [1.807, 2.05) is 27.7 Å². The van der Waals surface area contributed by atoms with Gasteiger partial charge >= 0.3 is 0 Å². The monoisotopic (exact) mass is 259 g/mol. The zero-order valence-corrected chi connectivity index (χ0v) is 13.5. The van der Waals surface area contributed by atoms with Crippen molar-refractivity contribution in [2.75, 3.05) is 0 Å². The van der Waals surface area contributed by atoms with Gasteiger partial charge in [-0.1, -0.05) is 63.6 Å². The Bertz CT molecular complexity index is 427. The van der Waals surface area contributed by atoms with E-state index in [1.54, 1.807) is 0 Å². The van der Waals surface area contributed by atoms with Crippen LogP contribution in [0.25, 0.3) is 5.70 Å². The first-order chi connectivity index (χ1) is 9.16. The maximum Gasteiger partial charge on any atom is 0.0423 e. The first-order valence-electron chi connectivity index (χ1n) is 7.39.